The molecule has 2 aliphatic rings. The molecular formula is C14H28N2O2S. The highest BCUT2D eigenvalue weighted by Gasteiger charge is 2.41. The van der Waals surface area contributed by atoms with E-state index in [9.17, 15) is 8.42 Å². The first-order valence-corrected chi connectivity index (χ1v) is 8.99. The molecule has 2 saturated heterocycles. The second-order valence-electron chi connectivity index (χ2n) is 6.84. The van der Waals surface area contributed by atoms with E-state index in [2.05, 4.69) is 27.7 Å². The lowest BCUT2D eigenvalue weighted by molar-refractivity contribution is 0.201. The summed E-state index contributed by atoms with van der Waals surface area (Å²) >= 11 is 0. The van der Waals surface area contributed by atoms with Gasteiger partial charge in [-0.2, -0.15) is 17.0 Å². The van der Waals surface area contributed by atoms with Crippen molar-refractivity contribution in [2.45, 2.75) is 53.0 Å². The molecule has 5 heteroatoms. The minimum Gasteiger partial charge on any atom is -0.195 e. The van der Waals surface area contributed by atoms with E-state index >= 15 is 0 Å². The number of nitrogens with zero attached hydrogens (tertiary/aromatic N) is 2. The number of rotatable bonds is 3. The average molecular weight is 288 g/mol. The molecule has 0 N–H and O–H groups in total. The minimum atomic E-state index is -3.26. The van der Waals surface area contributed by atoms with Crippen LogP contribution in [-0.2, 0) is 10.2 Å². The Hall–Kier alpha value is -0.130. The van der Waals surface area contributed by atoms with Crippen LogP contribution in [0.4, 0.5) is 0 Å². The van der Waals surface area contributed by atoms with Crippen LogP contribution in [-0.4, -0.2) is 42.7 Å². The predicted molar refractivity (Wildman–Crippen MR) is 78.0 cm³/mol. The molecule has 0 aliphatic carbocycles. The summed E-state index contributed by atoms with van der Waals surface area (Å²) in [5.41, 5.74) is 0. The summed E-state index contributed by atoms with van der Waals surface area (Å²) in [5, 5.41) is 0. The third-order valence-electron chi connectivity index (χ3n) is 4.48. The van der Waals surface area contributed by atoms with Crippen LogP contribution < -0.4 is 0 Å². The first-order valence-electron chi connectivity index (χ1n) is 7.59. The maximum absolute atomic E-state index is 12.8. The Morgan fingerprint density at radius 2 is 1.68 bits per heavy atom. The third kappa shape index (κ3) is 3.14. The molecule has 0 bridgehead atoms. The summed E-state index contributed by atoms with van der Waals surface area (Å²) < 4.78 is 29.2. The molecule has 0 aromatic heterocycles. The number of hydrogen-bond donors (Lipinski definition) is 0. The van der Waals surface area contributed by atoms with Gasteiger partial charge in [0.1, 0.15) is 0 Å². The molecule has 3 atom stereocenters. The van der Waals surface area contributed by atoms with E-state index in [1.54, 1.807) is 8.61 Å². The monoisotopic (exact) mass is 288 g/mol. The topological polar surface area (TPSA) is 40.6 Å². The largest absolute Gasteiger partial charge is 0.282 e. The van der Waals surface area contributed by atoms with Gasteiger partial charge in [-0.25, -0.2) is 0 Å². The lowest BCUT2D eigenvalue weighted by Crippen LogP contribution is -2.51. The van der Waals surface area contributed by atoms with Crippen LogP contribution in [0, 0.1) is 17.8 Å². The maximum Gasteiger partial charge on any atom is 0.282 e. The predicted octanol–water partition coefficient (Wildman–Crippen LogP) is 2.33. The highest BCUT2D eigenvalue weighted by Crippen LogP contribution is 2.31. The Kier molecular flexibility index (Phi) is 4.58. The van der Waals surface area contributed by atoms with Crippen molar-refractivity contribution in [1.29, 1.82) is 0 Å². The third-order valence-corrected chi connectivity index (χ3v) is 6.47. The molecule has 0 aromatic carbocycles. The van der Waals surface area contributed by atoms with Gasteiger partial charge in [-0.1, -0.05) is 27.7 Å². The Morgan fingerprint density at radius 1 is 1.11 bits per heavy atom. The van der Waals surface area contributed by atoms with Crippen molar-refractivity contribution in [2.75, 3.05) is 19.6 Å². The summed E-state index contributed by atoms with van der Waals surface area (Å²) in [6.07, 6.45) is 3.15. The Balaban J connectivity index is 2.17. The zero-order valence-electron chi connectivity index (χ0n) is 12.7. The van der Waals surface area contributed by atoms with Gasteiger partial charge in [0.25, 0.3) is 10.2 Å². The van der Waals surface area contributed by atoms with E-state index in [1.165, 1.54) is 0 Å². The standard InChI is InChI=1S/C14H28N2O2S/c1-11(2)14-6-5-7-16(14)19(17,18)15-9-12(3)8-13(4)10-15/h11-14H,5-10H2,1-4H3/t12-,13+,14-/m0/s1. The van der Waals surface area contributed by atoms with Crippen LogP contribution in [0.2, 0.25) is 0 Å². The van der Waals surface area contributed by atoms with Gasteiger partial charge in [0.15, 0.2) is 0 Å². The van der Waals surface area contributed by atoms with Crippen molar-refractivity contribution in [3.05, 3.63) is 0 Å². The second kappa shape index (κ2) is 5.70. The highest BCUT2D eigenvalue weighted by atomic mass is 32.2. The molecule has 0 unspecified atom stereocenters. The van der Waals surface area contributed by atoms with Gasteiger partial charge in [0.05, 0.1) is 0 Å². The van der Waals surface area contributed by atoms with Crippen molar-refractivity contribution >= 4 is 10.2 Å². The van der Waals surface area contributed by atoms with Gasteiger partial charge >= 0.3 is 0 Å². The van der Waals surface area contributed by atoms with Crippen LogP contribution in [0.3, 0.4) is 0 Å². The minimum absolute atomic E-state index is 0.192. The molecule has 0 amide bonds. The summed E-state index contributed by atoms with van der Waals surface area (Å²) in [6, 6.07) is 0.192. The van der Waals surface area contributed by atoms with E-state index in [4.69, 9.17) is 0 Å². The van der Waals surface area contributed by atoms with Gasteiger partial charge < -0.3 is 0 Å². The first kappa shape index (κ1) is 15.3. The summed E-state index contributed by atoms with van der Waals surface area (Å²) in [4.78, 5) is 0. The number of piperidine rings is 1. The first-order chi connectivity index (χ1) is 8.82. The highest BCUT2D eigenvalue weighted by molar-refractivity contribution is 7.86. The van der Waals surface area contributed by atoms with Crippen LogP contribution >= 0.6 is 0 Å². The van der Waals surface area contributed by atoms with Crippen LogP contribution in [0.5, 0.6) is 0 Å². The summed E-state index contributed by atoms with van der Waals surface area (Å²) in [6.45, 7) is 10.6. The zero-order chi connectivity index (χ0) is 14.2. The molecule has 2 fully saturated rings. The van der Waals surface area contributed by atoms with E-state index in [0.29, 0.717) is 37.4 Å². The van der Waals surface area contributed by atoms with Crippen LogP contribution in [0.15, 0.2) is 0 Å². The fourth-order valence-electron chi connectivity index (χ4n) is 3.66. The lowest BCUT2D eigenvalue weighted by atomic mass is 9.94. The van der Waals surface area contributed by atoms with Crippen molar-refractivity contribution in [2.24, 2.45) is 17.8 Å². The van der Waals surface area contributed by atoms with E-state index in [0.717, 1.165) is 19.3 Å². The van der Waals surface area contributed by atoms with Gasteiger partial charge in [-0.05, 0) is 37.0 Å². The van der Waals surface area contributed by atoms with E-state index in [-0.39, 0.29) is 6.04 Å². The molecule has 0 radical (unpaired) electrons. The van der Waals surface area contributed by atoms with E-state index in [1.807, 2.05) is 0 Å². The number of hydrogen-bond acceptors (Lipinski definition) is 2. The molecule has 19 heavy (non-hydrogen) atoms. The zero-order valence-corrected chi connectivity index (χ0v) is 13.5. The maximum atomic E-state index is 12.8. The quantitative estimate of drug-likeness (QED) is 0.799. The van der Waals surface area contributed by atoms with Crippen molar-refractivity contribution < 1.29 is 8.42 Å². The van der Waals surface area contributed by atoms with Crippen molar-refractivity contribution in [3.63, 3.8) is 0 Å². The molecular weight excluding hydrogens is 260 g/mol. The smallest absolute Gasteiger partial charge is 0.195 e. The van der Waals surface area contributed by atoms with E-state index < -0.39 is 10.2 Å². The molecule has 0 spiro atoms. The summed E-state index contributed by atoms with van der Waals surface area (Å²) in [7, 11) is -3.26. The fourth-order valence-corrected chi connectivity index (χ4v) is 5.89. The van der Waals surface area contributed by atoms with Crippen LogP contribution in [0.1, 0.15) is 47.0 Å². The Bertz CT molecular complexity index is 398. The molecule has 2 heterocycles. The van der Waals surface area contributed by atoms with Crippen LogP contribution in [0.25, 0.3) is 0 Å². The van der Waals surface area contributed by atoms with Gasteiger partial charge in [-0.15, -0.1) is 0 Å². The van der Waals surface area contributed by atoms with Crippen molar-refractivity contribution in [1.82, 2.24) is 8.61 Å². The lowest BCUT2D eigenvalue weighted by Gasteiger charge is -2.38. The molecule has 0 aromatic rings. The molecule has 2 aliphatic heterocycles. The molecule has 112 valence electrons. The molecule has 4 nitrogen and oxygen atoms in total. The van der Waals surface area contributed by atoms with Gasteiger partial charge in [0, 0.05) is 25.7 Å². The second-order valence-corrected chi connectivity index (χ2v) is 8.72. The molecule has 0 saturated carbocycles. The van der Waals surface area contributed by atoms with Gasteiger partial charge in [0.2, 0.25) is 0 Å². The molecule has 2 rings (SSSR count). The Morgan fingerprint density at radius 3 is 2.21 bits per heavy atom. The normalized spacial score (nSPS) is 35.1. The average Bonchev–Trinajstić information content (AvgIpc) is 2.76. The summed E-state index contributed by atoms with van der Waals surface area (Å²) in [5.74, 6) is 1.34. The van der Waals surface area contributed by atoms with Gasteiger partial charge in [-0.3, -0.25) is 0 Å². The van der Waals surface area contributed by atoms with Crippen molar-refractivity contribution in [3.8, 4) is 0 Å². The Labute approximate surface area is 118 Å². The SMILES string of the molecule is CC(C)[C@@H]1CCCN1S(=O)(=O)N1C[C@H](C)C[C@H](C)C1. The fraction of sp³-hybridized carbons (Fsp3) is 1.00.